The quantitative estimate of drug-likeness (QED) is 0.600. The lowest BCUT2D eigenvalue weighted by Crippen LogP contribution is -2.30. The first-order valence-electron chi connectivity index (χ1n) is 2.81. The molecule has 0 bridgehead atoms. The smallest absolute Gasteiger partial charge is 0.330 e. The normalized spacial score (nSPS) is 14.9. The van der Waals surface area contributed by atoms with Crippen molar-refractivity contribution < 1.29 is 13.2 Å². The fourth-order valence-corrected chi connectivity index (χ4v) is 0.614. The highest BCUT2D eigenvalue weighted by Gasteiger charge is 2.38. The van der Waals surface area contributed by atoms with Gasteiger partial charge in [0.1, 0.15) is 0 Å². The van der Waals surface area contributed by atoms with Crippen LogP contribution >= 0.6 is 0 Å². The van der Waals surface area contributed by atoms with E-state index in [0.717, 1.165) is 0 Å². The highest BCUT2D eigenvalue weighted by atomic mass is 19.4. The molecule has 0 saturated carbocycles. The zero-order valence-corrected chi connectivity index (χ0v) is 5.70. The lowest BCUT2D eigenvalue weighted by Gasteiger charge is -2.17. The van der Waals surface area contributed by atoms with Gasteiger partial charge in [-0.3, -0.25) is 0 Å². The lowest BCUT2D eigenvalue weighted by molar-refractivity contribution is -0.161. The van der Waals surface area contributed by atoms with Crippen LogP contribution in [-0.2, 0) is 0 Å². The Morgan fingerprint density at radius 2 is 2.00 bits per heavy atom. The van der Waals surface area contributed by atoms with Gasteiger partial charge in [0.25, 0.3) is 0 Å². The van der Waals surface area contributed by atoms with Crippen LogP contribution in [0.4, 0.5) is 13.2 Å². The third kappa shape index (κ3) is 2.39. The Morgan fingerprint density at radius 3 is 2.00 bits per heavy atom. The molecule has 4 heteroatoms. The largest absolute Gasteiger partial charge is 0.396 e. The number of alkyl halides is 3. The molecule has 10 heavy (non-hydrogen) atoms. The van der Waals surface area contributed by atoms with Gasteiger partial charge >= 0.3 is 6.18 Å². The summed E-state index contributed by atoms with van der Waals surface area (Å²) in [5.74, 6) is -1.55. The molecule has 1 unspecified atom stereocenters. The van der Waals surface area contributed by atoms with E-state index in [2.05, 4.69) is 6.58 Å². The first-order chi connectivity index (χ1) is 4.39. The molecule has 2 N–H and O–H groups in total. The molecule has 1 atom stereocenters. The van der Waals surface area contributed by atoms with Crippen LogP contribution < -0.4 is 5.73 Å². The minimum Gasteiger partial charge on any atom is -0.330 e. The summed E-state index contributed by atoms with van der Waals surface area (Å²) in [4.78, 5) is 0. The van der Waals surface area contributed by atoms with E-state index in [4.69, 9.17) is 5.73 Å². The first-order valence-corrected chi connectivity index (χ1v) is 2.81. The number of hydrogen-bond acceptors (Lipinski definition) is 1. The molecule has 0 radical (unpaired) electrons. The second-order valence-electron chi connectivity index (χ2n) is 2.18. The maximum Gasteiger partial charge on any atom is 0.396 e. The molecule has 1 nitrogen and oxygen atoms in total. The summed E-state index contributed by atoms with van der Waals surface area (Å²) in [7, 11) is 0. The van der Waals surface area contributed by atoms with Crippen molar-refractivity contribution in [2.45, 2.75) is 13.1 Å². The summed E-state index contributed by atoms with van der Waals surface area (Å²) in [6.45, 7) is 4.10. The van der Waals surface area contributed by atoms with Crippen LogP contribution in [0.5, 0.6) is 0 Å². The molecule has 0 aromatic rings. The van der Waals surface area contributed by atoms with Crippen LogP contribution in [0.1, 0.15) is 6.92 Å². The highest BCUT2D eigenvalue weighted by Crippen LogP contribution is 2.29. The second kappa shape index (κ2) is 3.05. The Morgan fingerprint density at radius 1 is 1.60 bits per heavy atom. The fourth-order valence-electron chi connectivity index (χ4n) is 0.614. The highest BCUT2D eigenvalue weighted by molar-refractivity contribution is 5.00. The van der Waals surface area contributed by atoms with E-state index < -0.39 is 18.6 Å². The van der Waals surface area contributed by atoms with E-state index in [1.807, 2.05) is 0 Å². The third-order valence-corrected chi connectivity index (χ3v) is 1.23. The van der Waals surface area contributed by atoms with E-state index in [9.17, 15) is 13.2 Å². The topological polar surface area (TPSA) is 26.0 Å². The van der Waals surface area contributed by atoms with Crippen molar-refractivity contribution in [3.05, 3.63) is 12.2 Å². The van der Waals surface area contributed by atoms with Gasteiger partial charge in [0.05, 0.1) is 5.92 Å². The Labute approximate surface area is 57.7 Å². The van der Waals surface area contributed by atoms with Gasteiger partial charge in [-0.1, -0.05) is 12.2 Å². The number of hydrogen-bond donors (Lipinski definition) is 1. The molecule has 0 aromatic heterocycles. The summed E-state index contributed by atoms with van der Waals surface area (Å²) in [6.07, 6.45) is -4.24. The SMILES string of the molecule is C=C(C)C(CN)C(F)(F)F. The predicted octanol–water partition coefficient (Wildman–Crippen LogP) is 1.70. The van der Waals surface area contributed by atoms with Crippen LogP contribution in [0.15, 0.2) is 12.2 Å². The molecule has 0 amide bonds. The summed E-state index contributed by atoms with van der Waals surface area (Å²) < 4.78 is 35.5. The molecular weight excluding hydrogens is 143 g/mol. The Balaban J connectivity index is 4.22. The van der Waals surface area contributed by atoms with E-state index in [1.165, 1.54) is 6.92 Å². The van der Waals surface area contributed by atoms with Gasteiger partial charge in [-0.15, -0.1) is 0 Å². The number of halogens is 3. The van der Waals surface area contributed by atoms with Crippen LogP contribution in [-0.4, -0.2) is 12.7 Å². The maximum atomic E-state index is 11.8. The van der Waals surface area contributed by atoms with E-state index in [0.29, 0.717) is 0 Å². The molecule has 0 aliphatic rings. The first kappa shape index (κ1) is 9.49. The molecule has 0 rings (SSSR count). The monoisotopic (exact) mass is 153 g/mol. The van der Waals surface area contributed by atoms with Crippen LogP contribution in [0.2, 0.25) is 0 Å². The van der Waals surface area contributed by atoms with Crippen molar-refractivity contribution in [2.24, 2.45) is 11.7 Å². The Bertz CT molecular complexity index is 127. The molecule has 60 valence electrons. The number of rotatable bonds is 2. The maximum absolute atomic E-state index is 11.8. The lowest BCUT2D eigenvalue weighted by atomic mass is 10.0. The van der Waals surface area contributed by atoms with Gasteiger partial charge < -0.3 is 5.73 Å². The molecule has 0 saturated heterocycles. The van der Waals surface area contributed by atoms with Crippen molar-refractivity contribution in [3.8, 4) is 0 Å². The summed E-state index contributed by atoms with van der Waals surface area (Å²) >= 11 is 0. The summed E-state index contributed by atoms with van der Waals surface area (Å²) in [6, 6.07) is 0. The minimum absolute atomic E-state index is 0.0648. The van der Waals surface area contributed by atoms with Crippen molar-refractivity contribution >= 4 is 0 Å². The molecule has 0 aromatic carbocycles. The van der Waals surface area contributed by atoms with Crippen molar-refractivity contribution in [3.63, 3.8) is 0 Å². The zero-order chi connectivity index (χ0) is 8.36. The summed E-state index contributed by atoms with van der Waals surface area (Å²) in [5.41, 5.74) is 4.94. The van der Waals surface area contributed by atoms with Gasteiger partial charge in [0.2, 0.25) is 0 Å². The third-order valence-electron chi connectivity index (χ3n) is 1.23. The fraction of sp³-hybridized carbons (Fsp3) is 0.667. The van der Waals surface area contributed by atoms with Crippen LogP contribution in [0, 0.1) is 5.92 Å². The molecule has 0 spiro atoms. The predicted molar refractivity (Wildman–Crippen MR) is 33.4 cm³/mol. The van der Waals surface area contributed by atoms with E-state index >= 15 is 0 Å². The van der Waals surface area contributed by atoms with Crippen molar-refractivity contribution in [1.82, 2.24) is 0 Å². The second-order valence-corrected chi connectivity index (χ2v) is 2.18. The zero-order valence-electron chi connectivity index (χ0n) is 5.70. The van der Waals surface area contributed by atoms with Gasteiger partial charge in [-0.25, -0.2) is 0 Å². The Hall–Kier alpha value is -0.510. The van der Waals surface area contributed by atoms with Crippen molar-refractivity contribution in [1.29, 1.82) is 0 Å². The average Bonchev–Trinajstić information content (AvgIpc) is 1.60. The molecular formula is C6H10F3N. The molecule has 0 fully saturated rings. The Kier molecular flexibility index (Phi) is 2.90. The standard InChI is InChI=1S/C6H10F3N/c1-4(2)5(3-10)6(7,8)9/h5H,1,3,10H2,2H3. The van der Waals surface area contributed by atoms with Crippen molar-refractivity contribution in [2.75, 3.05) is 6.54 Å². The van der Waals surface area contributed by atoms with Gasteiger partial charge in [0, 0.05) is 6.54 Å². The van der Waals surface area contributed by atoms with E-state index in [1.54, 1.807) is 0 Å². The average molecular weight is 153 g/mol. The molecule has 0 aliphatic heterocycles. The minimum atomic E-state index is -4.24. The van der Waals surface area contributed by atoms with Gasteiger partial charge in [-0.2, -0.15) is 13.2 Å². The number of nitrogens with two attached hydrogens (primary N) is 1. The summed E-state index contributed by atoms with van der Waals surface area (Å²) in [5, 5.41) is 0. The molecule has 0 heterocycles. The molecule has 0 aliphatic carbocycles. The van der Waals surface area contributed by atoms with Gasteiger partial charge in [-0.05, 0) is 6.92 Å². The van der Waals surface area contributed by atoms with Crippen LogP contribution in [0.25, 0.3) is 0 Å². The van der Waals surface area contributed by atoms with Gasteiger partial charge in [0.15, 0.2) is 0 Å². The van der Waals surface area contributed by atoms with Crippen LogP contribution in [0.3, 0.4) is 0 Å². The van der Waals surface area contributed by atoms with E-state index in [-0.39, 0.29) is 5.57 Å².